The Hall–Kier alpha value is -3.15. The van der Waals surface area contributed by atoms with Crippen molar-refractivity contribution in [1.29, 1.82) is 0 Å². The second kappa shape index (κ2) is 7.97. The van der Waals surface area contributed by atoms with Crippen molar-refractivity contribution in [2.75, 3.05) is 0 Å². The largest absolute Gasteiger partial charge is 0.508 e. The standard InChI is InChI=1S/C28H31N3O3/c1-28-11-9-23-22-8-6-21(33)13-17(22)5-7-24(23)27(28)19(15-26(28)34)10-12-31-16-25(29-30-31)18-3-2-4-20(32)14-18/h2-4,6,8,13-14,16,19,23-24,27,32-33H,5,7,9-12,15H2,1H3/t19-,23-,24-,27+,28?/m1/s1. The van der Waals surface area contributed by atoms with Crippen LogP contribution < -0.4 is 0 Å². The molecule has 2 fully saturated rings. The van der Waals surface area contributed by atoms with Gasteiger partial charge >= 0.3 is 0 Å². The molecule has 0 radical (unpaired) electrons. The molecule has 2 aromatic carbocycles. The number of fused-ring (bicyclic) bond motifs is 5. The van der Waals surface area contributed by atoms with Crippen LogP contribution in [0.4, 0.5) is 0 Å². The van der Waals surface area contributed by atoms with Crippen LogP contribution in [0.15, 0.2) is 48.7 Å². The number of aryl methyl sites for hydroxylation is 2. The minimum absolute atomic E-state index is 0.213. The molecule has 1 aromatic heterocycles. The van der Waals surface area contributed by atoms with Gasteiger partial charge in [0.25, 0.3) is 0 Å². The lowest BCUT2D eigenvalue weighted by molar-refractivity contribution is -0.129. The highest BCUT2D eigenvalue weighted by Gasteiger charge is 2.58. The first-order chi connectivity index (χ1) is 16.4. The van der Waals surface area contributed by atoms with Gasteiger partial charge in [-0.15, -0.1) is 5.10 Å². The van der Waals surface area contributed by atoms with Crippen LogP contribution in [0, 0.1) is 23.2 Å². The summed E-state index contributed by atoms with van der Waals surface area (Å²) >= 11 is 0. The van der Waals surface area contributed by atoms with Crippen molar-refractivity contribution in [3.63, 3.8) is 0 Å². The molecule has 3 aliphatic carbocycles. The molecule has 6 rings (SSSR count). The monoisotopic (exact) mass is 457 g/mol. The van der Waals surface area contributed by atoms with E-state index in [4.69, 9.17) is 0 Å². The number of phenolic OH excluding ortho intramolecular Hbond substituents is 2. The minimum atomic E-state index is -0.213. The number of carbonyl (C=O) groups is 1. The van der Waals surface area contributed by atoms with Crippen molar-refractivity contribution in [2.24, 2.45) is 23.2 Å². The molecule has 0 aliphatic heterocycles. The zero-order valence-electron chi connectivity index (χ0n) is 19.5. The Morgan fingerprint density at radius 1 is 1.12 bits per heavy atom. The maximum atomic E-state index is 13.2. The minimum Gasteiger partial charge on any atom is -0.508 e. The number of nitrogens with zero attached hydrogens (tertiary/aromatic N) is 3. The molecule has 0 amide bonds. The molecular weight excluding hydrogens is 426 g/mol. The topological polar surface area (TPSA) is 88.2 Å². The number of hydrogen-bond acceptors (Lipinski definition) is 5. The third-order valence-corrected chi connectivity index (χ3v) is 8.96. The SMILES string of the molecule is CC12CC[C@@H]3c4ccc(O)cc4CC[C@H]3[C@@H]1[C@H](CCn1cc(-c3cccc(O)c3)nn1)CC2=O. The van der Waals surface area contributed by atoms with Crippen molar-refractivity contribution >= 4 is 5.78 Å². The van der Waals surface area contributed by atoms with Gasteiger partial charge in [0.05, 0.1) is 6.20 Å². The van der Waals surface area contributed by atoms with E-state index in [2.05, 4.69) is 23.3 Å². The molecule has 3 aliphatic rings. The average molecular weight is 458 g/mol. The normalized spacial score (nSPS) is 30.0. The van der Waals surface area contributed by atoms with Crippen molar-refractivity contribution in [2.45, 2.75) is 57.9 Å². The predicted octanol–water partition coefficient (Wildman–Crippen LogP) is 5.10. The third kappa shape index (κ3) is 3.42. The van der Waals surface area contributed by atoms with Crippen LogP contribution in [0.1, 0.15) is 56.1 Å². The van der Waals surface area contributed by atoms with Gasteiger partial charge in [-0.25, -0.2) is 0 Å². The Labute approximate surface area is 199 Å². The smallest absolute Gasteiger partial charge is 0.139 e. The molecule has 2 saturated carbocycles. The fraction of sp³-hybridized carbons (Fsp3) is 0.464. The molecule has 5 atom stereocenters. The number of carbonyl (C=O) groups excluding carboxylic acids is 1. The van der Waals surface area contributed by atoms with Gasteiger partial charge < -0.3 is 10.2 Å². The zero-order valence-corrected chi connectivity index (χ0v) is 19.5. The van der Waals surface area contributed by atoms with Crippen molar-refractivity contribution in [3.05, 3.63) is 59.8 Å². The number of benzene rings is 2. The molecule has 2 N–H and O–H groups in total. The molecule has 0 bridgehead atoms. The molecule has 3 aromatic rings. The molecule has 0 spiro atoms. The van der Waals surface area contributed by atoms with Crippen molar-refractivity contribution < 1.29 is 15.0 Å². The van der Waals surface area contributed by atoms with E-state index in [1.54, 1.807) is 18.2 Å². The second-order valence-corrected chi connectivity index (χ2v) is 10.8. The number of ketones is 1. The van der Waals surface area contributed by atoms with E-state index >= 15 is 0 Å². The number of aromatic nitrogens is 3. The molecule has 0 saturated heterocycles. The number of rotatable bonds is 4. The van der Waals surface area contributed by atoms with Crippen molar-refractivity contribution in [3.8, 4) is 22.8 Å². The van der Waals surface area contributed by atoms with E-state index in [0.29, 0.717) is 41.6 Å². The Balaban J connectivity index is 1.22. The lowest BCUT2D eigenvalue weighted by atomic mass is 9.54. The fourth-order valence-corrected chi connectivity index (χ4v) is 7.40. The van der Waals surface area contributed by atoms with Crippen LogP contribution in [-0.4, -0.2) is 31.0 Å². The van der Waals surface area contributed by atoms with Gasteiger partial charge in [-0.05, 0) is 91.2 Å². The third-order valence-electron chi connectivity index (χ3n) is 8.96. The summed E-state index contributed by atoms with van der Waals surface area (Å²) in [4.78, 5) is 13.2. The van der Waals surface area contributed by atoms with Crippen LogP contribution in [0.5, 0.6) is 11.5 Å². The van der Waals surface area contributed by atoms with E-state index in [9.17, 15) is 15.0 Å². The van der Waals surface area contributed by atoms with Gasteiger partial charge in [0.1, 0.15) is 23.0 Å². The van der Waals surface area contributed by atoms with Crippen LogP contribution in [0.25, 0.3) is 11.3 Å². The predicted molar refractivity (Wildman–Crippen MR) is 128 cm³/mol. The highest BCUT2D eigenvalue weighted by Crippen LogP contribution is 2.62. The van der Waals surface area contributed by atoms with Crippen LogP contribution in [0.3, 0.4) is 0 Å². The first-order valence-electron chi connectivity index (χ1n) is 12.5. The van der Waals surface area contributed by atoms with Gasteiger partial charge in [-0.1, -0.05) is 30.3 Å². The first-order valence-corrected chi connectivity index (χ1v) is 12.5. The van der Waals surface area contributed by atoms with E-state index in [1.807, 2.05) is 29.1 Å². The first kappa shape index (κ1) is 21.4. The molecule has 6 heteroatoms. The summed E-state index contributed by atoms with van der Waals surface area (Å²) in [5, 5.41) is 28.3. The summed E-state index contributed by atoms with van der Waals surface area (Å²) in [5.41, 5.74) is 4.05. The zero-order chi connectivity index (χ0) is 23.4. The second-order valence-electron chi connectivity index (χ2n) is 10.8. The molecule has 1 heterocycles. The van der Waals surface area contributed by atoms with Gasteiger partial charge in [-0.3, -0.25) is 9.48 Å². The summed E-state index contributed by atoms with van der Waals surface area (Å²) in [6.45, 7) is 2.95. The number of phenols is 2. The van der Waals surface area contributed by atoms with Crippen LogP contribution in [0.2, 0.25) is 0 Å². The average Bonchev–Trinajstić information content (AvgIpc) is 3.40. The summed E-state index contributed by atoms with van der Waals surface area (Å²) < 4.78 is 1.87. The summed E-state index contributed by atoms with van der Waals surface area (Å²) in [5.74, 6) is 2.77. The Bertz CT molecular complexity index is 1250. The quantitative estimate of drug-likeness (QED) is 0.569. The molecule has 6 nitrogen and oxygen atoms in total. The maximum Gasteiger partial charge on any atom is 0.139 e. The highest BCUT2D eigenvalue weighted by atomic mass is 16.3. The lowest BCUT2D eigenvalue weighted by Crippen LogP contribution is -2.44. The van der Waals surface area contributed by atoms with E-state index in [0.717, 1.165) is 49.9 Å². The van der Waals surface area contributed by atoms with Gasteiger partial charge in [0.2, 0.25) is 0 Å². The number of hydrogen-bond donors (Lipinski definition) is 2. The summed E-state index contributed by atoms with van der Waals surface area (Å²) in [6.07, 6.45) is 7.60. The van der Waals surface area contributed by atoms with Crippen LogP contribution in [-0.2, 0) is 17.8 Å². The summed E-state index contributed by atoms with van der Waals surface area (Å²) in [7, 11) is 0. The summed E-state index contributed by atoms with van der Waals surface area (Å²) in [6, 6.07) is 12.9. The Kier molecular flexibility index (Phi) is 5.01. The number of aromatic hydroxyl groups is 2. The lowest BCUT2D eigenvalue weighted by Gasteiger charge is -2.50. The van der Waals surface area contributed by atoms with Gasteiger partial charge in [-0.2, -0.15) is 0 Å². The maximum absolute atomic E-state index is 13.2. The number of Topliss-reactive ketones (excluding diaryl/α,β-unsaturated/α-hetero) is 1. The molecular formula is C28H31N3O3. The molecule has 34 heavy (non-hydrogen) atoms. The molecule has 176 valence electrons. The fourth-order valence-electron chi connectivity index (χ4n) is 7.40. The Morgan fingerprint density at radius 2 is 1.97 bits per heavy atom. The molecule has 1 unspecified atom stereocenters. The van der Waals surface area contributed by atoms with Gasteiger partial charge in [0.15, 0.2) is 0 Å². The van der Waals surface area contributed by atoms with Crippen molar-refractivity contribution in [1.82, 2.24) is 15.0 Å². The van der Waals surface area contributed by atoms with E-state index in [1.165, 1.54) is 11.1 Å². The van der Waals surface area contributed by atoms with E-state index < -0.39 is 0 Å². The van der Waals surface area contributed by atoms with E-state index in [-0.39, 0.29) is 11.2 Å². The Morgan fingerprint density at radius 3 is 2.82 bits per heavy atom. The van der Waals surface area contributed by atoms with Gasteiger partial charge in [0, 0.05) is 23.9 Å². The highest BCUT2D eigenvalue weighted by molar-refractivity contribution is 5.87. The van der Waals surface area contributed by atoms with Crippen LogP contribution >= 0.6 is 0 Å².